The lowest BCUT2D eigenvalue weighted by atomic mass is 10.2. The summed E-state index contributed by atoms with van der Waals surface area (Å²) in [7, 11) is 0. The molecule has 2 heterocycles. The molecule has 2 amide bonds. The molecule has 0 N–H and O–H groups in total. The van der Waals surface area contributed by atoms with E-state index in [1.807, 2.05) is 18.3 Å². The Hall–Kier alpha value is -1.91. The Bertz CT molecular complexity index is 456. The zero-order valence-electron chi connectivity index (χ0n) is 10.5. The minimum absolute atomic E-state index is 0.273. The Labute approximate surface area is 106 Å². The summed E-state index contributed by atoms with van der Waals surface area (Å²) in [6.07, 6.45) is 2.10. The second kappa shape index (κ2) is 5.16. The van der Waals surface area contributed by atoms with E-state index in [2.05, 4.69) is 11.9 Å². The molecule has 1 aromatic heterocycles. The van der Waals surface area contributed by atoms with Gasteiger partial charge in [0.05, 0.1) is 0 Å². The number of carbonyl (C=O) groups is 2. The van der Waals surface area contributed by atoms with Crippen LogP contribution in [0.1, 0.15) is 25.1 Å². The van der Waals surface area contributed by atoms with Gasteiger partial charge in [0.15, 0.2) is 6.10 Å². The highest BCUT2D eigenvalue weighted by Gasteiger charge is 2.37. The van der Waals surface area contributed by atoms with Gasteiger partial charge in [-0.05, 0) is 25.0 Å². The van der Waals surface area contributed by atoms with Crippen molar-refractivity contribution in [3.8, 4) is 0 Å². The third-order valence-corrected chi connectivity index (χ3v) is 3.00. The lowest BCUT2D eigenvalue weighted by molar-refractivity contribution is -0.129. The van der Waals surface area contributed by atoms with Gasteiger partial charge in [-0.1, -0.05) is 13.0 Å². The Morgan fingerprint density at radius 2 is 2.17 bits per heavy atom. The first kappa shape index (κ1) is 12.5. The summed E-state index contributed by atoms with van der Waals surface area (Å²) < 4.78 is 4.83. The molecule has 1 aliphatic rings. The molecule has 96 valence electrons. The molecular formula is C13H16N2O3. The quantitative estimate of drug-likeness (QED) is 0.811. The van der Waals surface area contributed by atoms with Gasteiger partial charge in [0.2, 0.25) is 0 Å². The minimum Gasteiger partial charge on any atom is -0.436 e. The van der Waals surface area contributed by atoms with Crippen LogP contribution >= 0.6 is 0 Å². The number of nitrogens with zero attached hydrogens (tertiary/aromatic N) is 2. The second-order valence-corrected chi connectivity index (χ2v) is 4.28. The number of hydrogen-bond acceptors (Lipinski definition) is 4. The number of aryl methyl sites for hydroxylation is 1. The molecule has 0 saturated carbocycles. The topological polar surface area (TPSA) is 59.5 Å². The number of amides is 2. The molecule has 0 aliphatic carbocycles. The third-order valence-electron chi connectivity index (χ3n) is 3.00. The standard InChI is InChI=1S/C13H16N2O3/c1-3-10-4-5-11(14-8-10)6-7-15-12(16)9(2)18-13(15)17/h4-5,8-9H,3,6-7H2,1-2H3. The molecule has 5 heteroatoms. The van der Waals surface area contributed by atoms with Gasteiger partial charge < -0.3 is 4.74 Å². The monoisotopic (exact) mass is 248 g/mol. The van der Waals surface area contributed by atoms with Crippen LogP contribution in [-0.2, 0) is 22.4 Å². The molecule has 18 heavy (non-hydrogen) atoms. The van der Waals surface area contributed by atoms with E-state index in [9.17, 15) is 9.59 Å². The van der Waals surface area contributed by atoms with Gasteiger partial charge in [-0.3, -0.25) is 9.78 Å². The van der Waals surface area contributed by atoms with Crippen molar-refractivity contribution >= 4 is 12.0 Å². The van der Waals surface area contributed by atoms with Crippen molar-refractivity contribution in [1.82, 2.24) is 9.88 Å². The predicted molar refractivity (Wildman–Crippen MR) is 65.0 cm³/mol. The van der Waals surface area contributed by atoms with Crippen LogP contribution in [0.4, 0.5) is 4.79 Å². The third kappa shape index (κ3) is 2.50. The average molecular weight is 248 g/mol. The van der Waals surface area contributed by atoms with E-state index in [0.717, 1.165) is 17.0 Å². The Morgan fingerprint density at radius 1 is 1.39 bits per heavy atom. The van der Waals surface area contributed by atoms with Crippen molar-refractivity contribution in [2.75, 3.05) is 6.54 Å². The number of aromatic nitrogens is 1. The zero-order valence-corrected chi connectivity index (χ0v) is 10.5. The molecule has 1 unspecified atom stereocenters. The van der Waals surface area contributed by atoms with E-state index < -0.39 is 12.2 Å². The minimum atomic E-state index is -0.659. The van der Waals surface area contributed by atoms with Crippen LogP contribution < -0.4 is 0 Å². The second-order valence-electron chi connectivity index (χ2n) is 4.28. The fourth-order valence-corrected chi connectivity index (χ4v) is 1.81. The van der Waals surface area contributed by atoms with E-state index >= 15 is 0 Å². The highest BCUT2D eigenvalue weighted by molar-refractivity contribution is 5.99. The number of imide groups is 1. The molecule has 1 atom stereocenters. The summed E-state index contributed by atoms with van der Waals surface area (Å²) in [4.78, 5) is 28.4. The van der Waals surface area contributed by atoms with Crippen LogP contribution in [-0.4, -0.2) is 34.5 Å². The van der Waals surface area contributed by atoms with E-state index in [4.69, 9.17) is 4.74 Å². The molecule has 1 aliphatic heterocycles. The smallest absolute Gasteiger partial charge is 0.417 e. The SMILES string of the molecule is CCc1ccc(CCN2C(=O)OC(C)C2=O)nc1. The molecule has 1 saturated heterocycles. The number of carbonyl (C=O) groups excluding carboxylic acids is 2. The summed E-state index contributed by atoms with van der Waals surface area (Å²) in [6.45, 7) is 3.96. The summed E-state index contributed by atoms with van der Waals surface area (Å²) in [5, 5.41) is 0. The predicted octanol–water partition coefficient (Wildman–Crippen LogP) is 1.55. The van der Waals surface area contributed by atoms with Gasteiger partial charge in [-0.15, -0.1) is 0 Å². The fraction of sp³-hybridized carbons (Fsp3) is 0.462. The van der Waals surface area contributed by atoms with Crippen molar-refractivity contribution in [2.45, 2.75) is 32.8 Å². The van der Waals surface area contributed by atoms with Gasteiger partial charge in [0.1, 0.15) is 0 Å². The number of pyridine rings is 1. The van der Waals surface area contributed by atoms with Gasteiger partial charge in [0, 0.05) is 24.9 Å². The fourth-order valence-electron chi connectivity index (χ4n) is 1.81. The van der Waals surface area contributed by atoms with Crippen molar-refractivity contribution in [3.05, 3.63) is 29.6 Å². The molecule has 0 bridgehead atoms. The van der Waals surface area contributed by atoms with Crippen LogP contribution in [0.2, 0.25) is 0 Å². The Kier molecular flexibility index (Phi) is 3.60. The first-order valence-corrected chi connectivity index (χ1v) is 6.07. The number of hydrogen-bond donors (Lipinski definition) is 0. The summed E-state index contributed by atoms with van der Waals surface area (Å²) in [5.74, 6) is -0.273. The van der Waals surface area contributed by atoms with Crippen LogP contribution in [0.25, 0.3) is 0 Å². The maximum Gasteiger partial charge on any atom is 0.417 e. The first-order valence-electron chi connectivity index (χ1n) is 6.07. The van der Waals surface area contributed by atoms with E-state index in [0.29, 0.717) is 13.0 Å². The molecule has 0 radical (unpaired) electrons. The van der Waals surface area contributed by atoms with E-state index in [1.54, 1.807) is 6.92 Å². The molecule has 2 rings (SSSR count). The summed E-state index contributed by atoms with van der Waals surface area (Å²) in [5.41, 5.74) is 2.04. The summed E-state index contributed by atoms with van der Waals surface area (Å²) in [6, 6.07) is 3.93. The molecule has 0 spiro atoms. The zero-order chi connectivity index (χ0) is 13.1. The lowest BCUT2D eigenvalue weighted by Gasteiger charge is -2.10. The van der Waals surface area contributed by atoms with Crippen molar-refractivity contribution < 1.29 is 14.3 Å². The van der Waals surface area contributed by atoms with Crippen LogP contribution in [0, 0.1) is 0 Å². The lowest BCUT2D eigenvalue weighted by Crippen LogP contribution is -2.32. The molecular weight excluding hydrogens is 232 g/mol. The van der Waals surface area contributed by atoms with Gasteiger partial charge in [-0.2, -0.15) is 0 Å². The largest absolute Gasteiger partial charge is 0.436 e. The van der Waals surface area contributed by atoms with Crippen molar-refractivity contribution in [2.24, 2.45) is 0 Å². The molecule has 0 aromatic carbocycles. The first-order chi connectivity index (χ1) is 8.61. The normalized spacial score (nSPS) is 19.2. The molecule has 5 nitrogen and oxygen atoms in total. The van der Waals surface area contributed by atoms with E-state index in [-0.39, 0.29) is 5.91 Å². The molecule has 1 fully saturated rings. The van der Waals surface area contributed by atoms with Crippen molar-refractivity contribution in [3.63, 3.8) is 0 Å². The maximum atomic E-state index is 11.6. The van der Waals surface area contributed by atoms with Gasteiger partial charge >= 0.3 is 6.09 Å². The Morgan fingerprint density at radius 3 is 2.67 bits per heavy atom. The van der Waals surface area contributed by atoms with Crippen LogP contribution in [0.5, 0.6) is 0 Å². The van der Waals surface area contributed by atoms with Gasteiger partial charge in [-0.25, -0.2) is 9.69 Å². The number of cyclic esters (lactones) is 1. The highest BCUT2D eigenvalue weighted by atomic mass is 16.6. The van der Waals surface area contributed by atoms with Gasteiger partial charge in [0.25, 0.3) is 5.91 Å². The Balaban J connectivity index is 1.95. The maximum absolute atomic E-state index is 11.6. The summed E-state index contributed by atoms with van der Waals surface area (Å²) >= 11 is 0. The number of ether oxygens (including phenoxy) is 1. The highest BCUT2D eigenvalue weighted by Crippen LogP contribution is 2.13. The van der Waals surface area contributed by atoms with E-state index in [1.165, 1.54) is 5.56 Å². The van der Waals surface area contributed by atoms with Crippen LogP contribution in [0.15, 0.2) is 18.3 Å². The molecule has 1 aromatic rings. The van der Waals surface area contributed by atoms with Crippen molar-refractivity contribution in [1.29, 1.82) is 0 Å². The van der Waals surface area contributed by atoms with Crippen LogP contribution in [0.3, 0.4) is 0 Å². The average Bonchev–Trinajstić information content (AvgIpc) is 2.62. The number of rotatable bonds is 4.